The second-order valence-corrected chi connectivity index (χ2v) is 6.42. The van der Waals surface area contributed by atoms with Crippen LogP contribution in [0.1, 0.15) is 52.3 Å². The molecule has 2 rings (SSSR count). The van der Waals surface area contributed by atoms with Crippen molar-refractivity contribution < 1.29 is 0 Å². The zero-order valence-electron chi connectivity index (χ0n) is 13.5. The molecule has 4 nitrogen and oxygen atoms in total. The molecule has 0 saturated carbocycles. The molecule has 1 fully saturated rings. The molecule has 0 aliphatic carbocycles. The van der Waals surface area contributed by atoms with Crippen LogP contribution >= 0.6 is 0 Å². The van der Waals surface area contributed by atoms with E-state index < -0.39 is 0 Å². The Morgan fingerprint density at radius 3 is 2.85 bits per heavy atom. The lowest BCUT2D eigenvalue weighted by Crippen LogP contribution is -2.41. The first-order chi connectivity index (χ1) is 9.60. The van der Waals surface area contributed by atoms with Gasteiger partial charge >= 0.3 is 0 Å². The first kappa shape index (κ1) is 15.5. The molecule has 1 aliphatic rings. The van der Waals surface area contributed by atoms with E-state index >= 15 is 0 Å². The van der Waals surface area contributed by atoms with Gasteiger partial charge in [-0.25, -0.2) is 0 Å². The summed E-state index contributed by atoms with van der Waals surface area (Å²) in [4.78, 5) is 2.56. The molecule has 1 N–H and O–H groups in total. The van der Waals surface area contributed by atoms with Crippen LogP contribution in [0.5, 0.6) is 0 Å². The number of hydrogen-bond donors (Lipinski definition) is 1. The zero-order valence-corrected chi connectivity index (χ0v) is 13.5. The second-order valence-electron chi connectivity index (χ2n) is 6.42. The molecule has 114 valence electrons. The Balaban J connectivity index is 1.96. The molecule has 4 heteroatoms. The minimum Gasteiger partial charge on any atom is -0.312 e. The van der Waals surface area contributed by atoms with E-state index in [0.29, 0.717) is 12.1 Å². The normalized spacial score (nSPS) is 22.9. The van der Waals surface area contributed by atoms with Crippen molar-refractivity contribution in [2.45, 2.75) is 59.2 Å². The highest BCUT2D eigenvalue weighted by Crippen LogP contribution is 2.14. The van der Waals surface area contributed by atoms with Gasteiger partial charge in [0.05, 0.1) is 5.69 Å². The van der Waals surface area contributed by atoms with Crippen LogP contribution in [0, 0.1) is 5.92 Å². The Morgan fingerprint density at radius 2 is 2.20 bits per heavy atom. The Bertz CT molecular complexity index is 399. The average molecular weight is 278 g/mol. The third-order valence-corrected chi connectivity index (χ3v) is 4.42. The fourth-order valence-corrected chi connectivity index (χ4v) is 2.81. The van der Waals surface area contributed by atoms with Gasteiger partial charge in [-0.2, -0.15) is 5.10 Å². The molecule has 1 saturated heterocycles. The molecule has 1 aromatic heterocycles. The van der Waals surface area contributed by atoms with E-state index in [1.165, 1.54) is 25.1 Å². The summed E-state index contributed by atoms with van der Waals surface area (Å²) in [6.07, 6.45) is 4.58. The molecule has 0 amide bonds. The predicted molar refractivity (Wildman–Crippen MR) is 83.8 cm³/mol. The van der Waals surface area contributed by atoms with Crippen LogP contribution in [-0.4, -0.2) is 40.4 Å². The summed E-state index contributed by atoms with van der Waals surface area (Å²) in [5.41, 5.74) is 1.20. The lowest BCUT2D eigenvalue weighted by molar-refractivity contribution is 0.228. The maximum absolute atomic E-state index is 4.68. The maximum Gasteiger partial charge on any atom is 0.0764 e. The summed E-state index contributed by atoms with van der Waals surface area (Å²) in [6, 6.07) is 3.23. The van der Waals surface area contributed by atoms with Crippen LogP contribution in [0.3, 0.4) is 0 Å². The first-order valence-corrected chi connectivity index (χ1v) is 8.10. The van der Waals surface area contributed by atoms with E-state index in [1.54, 1.807) is 0 Å². The maximum atomic E-state index is 4.68. The predicted octanol–water partition coefficient (Wildman–Crippen LogP) is 2.67. The fourth-order valence-electron chi connectivity index (χ4n) is 2.81. The molecule has 0 spiro atoms. The van der Waals surface area contributed by atoms with Gasteiger partial charge in [0.15, 0.2) is 0 Å². The van der Waals surface area contributed by atoms with E-state index in [4.69, 9.17) is 0 Å². The summed E-state index contributed by atoms with van der Waals surface area (Å²) in [5.74, 6) is 0.740. The molecule has 0 radical (unpaired) electrons. The molecule has 0 bridgehead atoms. The monoisotopic (exact) mass is 278 g/mol. The van der Waals surface area contributed by atoms with Crippen molar-refractivity contribution in [2.24, 2.45) is 5.92 Å². The van der Waals surface area contributed by atoms with Crippen molar-refractivity contribution in [3.63, 3.8) is 0 Å². The molecular formula is C16H30N4. The lowest BCUT2D eigenvalue weighted by atomic mass is 9.99. The molecule has 0 aromatic carbocycles. The van der Waals surface area contributed by atoms with Gasteiger partial charge in [0.1, 0.15) is 0 Å². The summed E-state index contributed by atoms with van der Waals surface area (Å²) < 4.78 is 2.05. The SMILES string of the molecule is CCC(C)C1CN(Cc2ccn(C(C)C)n2)CCCN1. The molecule has 2 heterocycles. The standard InChI is InChI=1S/C16H30N4/c1-5-14(4)16-12-19(9-6-8-17-16)11-15-7-10-20(18-15)13(2)3/h7,10,13-14,16-17H,5-6,8-9,11-12H2,1-4H3. The van der Waals surface area contributed by atoms with Crippen LogP contribution in [-0.2, 0) is 6.54 Å². The van der Waals surface area contributed by atoms with Gasteiger partial charge in [-0.05, 0) is 45.3 Å². The van der Waals surface area contributed by atoms with Crippen molar-refractivity contribution >= 4 is 0 Å². The highest BCUT2D eigenvalue weighted by Gasteiger charge is 2.22. The molecule has 2 unspecified atom stereocenters. The highest BCUT2D eigenvalue weighted by atomic mass is 15.3. The van der Waals surface area contributed by atoms with Crippen LogP contribution < -0.4 is 5.32 Å². The number of nitrogens with one attached hydrogen (secondary N) is 1. The molecule has 1 aliphatic heterocycles. The van der Waals surface area contributed by atoms with E-state index in [2.05, 4.69) is 60.0 Å². The number of rotatable bonds is 5. The van der Waals surface area contributed by atoms with Gasteiger partial charge in [-0.15, -0.1) is 0 Å². The van der Waals surface area contributed by atoms with Crippen LogP contribution in [0.4, 0.5) is 0 Å². The molecule has 1 aromatic rings. The van der Waals surface area contributed by atoms with Crippen LogP contribution in [0.2, 0.25) is 0 Å². The van der Waals surface area contributed by atoms with Crippen molar-refractivity contribution in [2.75, 3.05) is 19.6 Å². The quantitative estimate of drug-likeness (QED) is 0.899. The largest absolute Gasteiger partial charge is 0.312 e. The molecule has 20 heavy (non-hydrogen) atoms. The van der Waals surface area contributed by atoms with Gasteiger partial charge in [-0.1, -0.05) is 20.3 Å². The van der Waals surface area contributed by atoms with Gasteiger partial charge in [-0.3, -0.25) is 9.58 Å². The number of hydrogen-bond acceptors (Lipinski definition) is 3. The van der Waals surface area contributed by atoms with E-state index in [-0.39, 0.29) is 0 Å². The summed E-state index contributed by atoms with van der Waals surface area (Å²) >= 11 is 0. The Morgan fingerprint density at radius 1 is 1.40 bits per heavy atom. The number of aromatic nitrogens is 2. The van der Waals surface area contributed by atoms with Crippen LogP contribution in [0.15, 0.2) is 12.3 Å². The third kappa shape index (κ3) is 4.06. The molecular weight excluding hydrogens is 248 g/mol. The van der Waals surface area contributed by atoms with Crippen molar-refractivity contribution in [3.05, 3.63) is 18.0 Å². The van der Waals surface area contributed by atoms with Gasteiger partial charge in [0, 0.05) is 31.4 Å². The second kappa shape index (κ2) is 7.23. The van der Waals surface area contributed by atoms with E-state index in [0.717, 1.165) is 25.6 Å². The van der Waals surface area contributed by atoms with Crippen molar-refractivity contribution in [1.82, 2.24) is 20.0 Å². The first-order valence-electron chi connectivity index (χ1n) is 8.10. The third-order valence-electron chi connectivity index (χ3n) is 4.42. The summed E-state index contributed by atoms with van der Waals surface area (Å²) in [7, 11) is 0. The summed E-state index contributed by atoms with van der Waals surface area (Å²) in [5, 5.41) is 8.38. The highest BCUT2D eigenvalue weighted by molar-refractivity contribution is 5.00. The Kier molecular flexibility index (Phi) is 5.61. The Hall–Kier alpha value is -0.870. The van der Waals surface area contributed by atoms with Gasteiger partial charge in [0.25, 0.3) is 0 Å². The average Bonchev–Trinajstić information content (AvgIpc) is 2.77. The smallest absolute Gasteiger partial charge is 0.0764 e. The van der Waals surface area contributed by atoms with Crippen molar-refractivity contribution in [1.29, 1.82) is 0 Å². The minimum atomic E-state index is 0.447. The fraction of sp³-hybridized carbons (Fsp3) is 0.812. The summed E-state index contributed by atoms with van der Waals surface area (Å²) in [6.45, 7) is 13.4. The number of nitrogens with zero attached hydrogens (tertiary/aromatic N) is 3. The van der Waals surface area contributed by atoms with Gasteiger partial charge in [0.2, 0.25) is 0 Å². The minimum absolute atomic E-state index is 0.447. The zero-order chi connectivity index (χ0) is 14.5. The van der Waals surface area contributed by atoms with Crippen LogP contribution in [0.25, 0.3) is 0 Å². The van der Waals surface area contributed by atoms with Gasteiger partial charge < -0.3 is 5.32 Å². The van der Waals surface area contributed by atoms with Crippen molar-refractivity contribution in [3.8, 4) is 0 Å². The molecule has 2 atom stereocenters. The van der Waals surface area contributed by atoms with E-state index in [1.807, 2.05) is 0 Å². The van der Waals surface area contributed by atoms with E-state index in [9.17, 15) is 0 Å². The topological polar surface area (TPSA) is 33.1 Å². The Labute approximate surface area is 123 Å². The lowest BCUT2D eigenvalue weighted by Gasteiger charge is -2.27.